The Hall–Kier alpha value is -0.650. The van der Waals surface area contributed by atoms with Gasteiger partial charge in [0.1, 0.15) is 6.61 Å². The van der Waals surface area contributed by atoms with Crippen LogP contribution in [0.4, 0.5) is 0 Å². The summed E-state index contributed by atoms with van der Waals surface area (Å²) in [5, 5.41) is 4.92. The van der Waals surface area contributed by atoms with Gasteiger partial charge in [0, 0.05) is 28.2 Å². The maximum Gasteiger partial charge on any atom is 0.175 e. The molecule has 30 heavy (non-hydrogen) atoms. The molecular weight excluding hydrogens is 509 g/mol. The Morgan fingerprint density at radius 2 is 1.77 bits per heavy atom. The van der Waals surface area contributed by atoms with Gasteiger partial charge in [-0.15, -0.1) is 12.4 Å². The van der Waals surface area contributed by atoms with E-state index in [2.05, 4.69) is 33.4 Å². The molecule has 0 saturated heterocycles. The van der Waals surface area contributed by atoms with Crippen LogP contribution in [0.15, 0.2) is 34.8 Å². The van der Waals surface area contributed by atoms with Crippen molar-refractivity contribution in [1.82, 2.24) is 5.32 Å². The maximum absolute atomic E-state index is 6.27. The predicted molar refractivity (Wildman–Crippen MR) is 132 cm³/mol. The summed E-state index contributed by atoms with van der Waals surface area (Å²) in [5.74, 6) is 1.43. The SMILES string of the molecule is CCOc1cc(CNC2CCCCCC2)cc(Br)c1OCc1ccc(Cl)cc1Cl.Cl. The standard InChI is InChI=1S/C23H28BrCl2NO2.ClH/c1-2-28-22-12-16(14-27-19-7-5-3-4-6-8-19)11-20(24)23(22)29-15-17-9-10-18(25)13-21(17)26;/h9-13,19,27H,2-8,14-15H2,1H3;1H. The van der Waals surface area contributed by atoms with Gasteiger partial charge < -0.3 is 14.8 Å². The first-order valence-corrected chi connectivity index (χ1v) is 11.9. The number of rotatable bonds is 8. The van der Waals surface area contributed by atoms with Gasteiger partial charge in [0.25, 0.3) is 0 Å². The zero-order valence-corrected chi connectivity index (χ0v) is 21.1. The van der Waals surface area contributed by atoms with Crippen molar-refractivity contribution in [2.45, 2.75) is 64.6 Å². The number of benzene rings is 2. The molecule has 1 aliphatic carbocycles. The van der Waals surface area contributed by atoms with Crippen molar-refractivity contribution < 1.29 is 9.47 Å². The third kappa shape index (κ3) is 7.49. The van der Waals surface area contributed by atoms with Crippen LogP contribution in [0.5, 0.6) is 11.5 Å². The Morgan fingerprint density at radius 1 is 1.03 bits per heavy atom. The summed E-state index contributed by atoms with van der Waals surface area (Å²) in [6, 6.07) is 10.2. The molecule has 0 radical (unpaired) electrons. The normalized spacial score (nSPS) is 14.7. The van der Waals surface area contributed by atoms with Crippen LogP contribution < -0.4 is 14.8 Å². The first-order valence-electron chi connectivity index (χ1n) is 10.3. The number of ether oxygens (including phenoxy) is 2. The van der Waals surface area contributed by atoms with E-state index in [0.29, 0.717) is 35.1 Å². The molecule has 0 heterocycles. The van der Waals surface area contributed by atoms with Crippen LogP contribution in [0.3, 0.4) is 0 Å². The van der Waals surface area contributed by atoms with Gasteiger partial charge in [-0.2, -0.15) is 0 Å². The molecule has 0 aromatic heterocycles. The summed E-state index contributed by atoms with van der Waals surface area (Å²) in [6.45, 7) is 3.72. The largest absolute Gasteiger partial charge is 0.490 e. The third-order valence-electron chi connectivity index (χ3n) is 5.21. The van der Waals surface area contributed by atoms with Crippen LogP contribution in [0.2, 0.25) is 10.0 Å². The molecule has 166 valence electrons. The molecule has 2 aromatic carbocycles. The lowest BCUT2D eigenvalue weighted by Crippen LogP contribution is -2.27. The Bertz CT molecular complexity index is 811. The van der Waals surface area contributed by atoms with Crippen LogP contribution >= 0.6 is 51.5 Å². The van der Waals surface area contributed by atoms with Crippen molar-refractivity contribution in [2.24, 2.45) is 0 Å². The van der Waals surface area contributed by atoms with Crippen molar-refractivity contribution in [3.05, 3.63) is 56.0 Å². The van der Waals surface area contributed by atoms with Crippen molar-refractivity contribution in [2.75, 3.05) is 6.61 Å². The molecular formula is C23H29BrCl3NO2. The number of hydrogen-bond donors (Lipinski definition) is 1. The van der Waals surface area contributed by atoms with Crippen molar-refractivity contribution in [1.29, 1.82) is 0 Å². The fraction of sp³-hybridized carbons (Fsp3) is 0.478. The molecule has 3 rings (SSSR count). The molecule has 1 fully saturated rings. The highest BCUT2D eigenvalue weighted by molar-refractivity contribution is 9.10. The molecule has 0 atom stereocenters. The minimum atomic E-state index is 0. The van der Waals surface area contributed by atoms with Crippen LogP contribution in [-0.2, 0) is 13.2 Å². The molecule has 0 unspecified atom stereocenters. The summed E-state index contributed by atoms with van der Waals surface area (Å²) in [4.78, 5) is 0. The minimum absolute atomic E-state index is 0. The molecule has 3 nitrogen and oxygen atoms in total. The van der Waals surface area contributed by atoms with Crippen LogP contribution in [0.25, 0.3) is 0 Å². The Kier molecular flexibility index (Phi) is 11.1. The van der Waals surface area contributed by atoms with Crippen molar-refractivity contribution in [3.63, 3.8) is 0 Å². The van der Waals surface area contributed by atoms with E-state index in [1.54, 1.807) is 6.07 Å². The van der Waals surface area contributed by atoms with E-state index in [4.69, 9.17) is 32.7 Å². The number of halogens is 4. The maximum atomic E-state index is 6.27. The van der Waals surface area contributed by atoms with E-state index in [0.717, 1.165) is 22.3 Å². The molecule has 1 saturated carbocycles. The Morgan fingerprint density at radius 3 is 2.43 bits per heavy atom. The summed E-state index contributed by atoms with van der Waals surface area (Å²) in [6.07, 6.45) is 7.91. The molecule has 0 bridgehead atoms. The van der Waals surface area contributed by atoms with E-state index < -0.39 is 0 Å². The van der Waals surface area contributed by atoms with Gasteiger partial charge in [-0.3, -0.25) is 0 Å². The highest BCUT2D eigenvalue weighted by atomic mass is 79.9. The lowest BCUT2D eigenvalue weighted by Gasteiger charge is -2.19. The smallest absolute Gasteiger partial charge is 0.175 e. The average Bonchev–Trinajstić information content (AvgIpc) is 2.96. The average molecular weight is 538 g/mol. The van der Waals surface area contributed by atoms with Crippen molar-refractivity contribution in [3.8, 4) is 11.5 Å². The zero-order chi connectivity index (χ0) is 20.6. The number of nitrogens with one attached hydrogen (secondary N) is 1. The molecule has 0 amide bonds. The Balaban J connectivity index is 0.00000320. The first-order chi connectivity index (χ1) is 14.1. The molecule has 0 spiro atoms. The second kappa shape index (κ2) is 13.0. The lowest BCUT2D eigenvalue weighted by molar-refractivity contribution is 0.267. The second-order valence-corrected chi connectivity index (χ2v) is 9.13. The van der Waals surface area contributed by atoms with Gasteiger partial charge in [-0.1, -0.05) is 55.0 Å². The summed E-state index contributed by atoms with van der Waals surface area (Å²) in [5.41, 5.74) is 2.06. The zero-order valence-electron chi connectivity index (χ0n) is 17.2. The van der Waals surface area contributed by atoms with E-state index in [9.17, 15) is 0 Å². The van der Waals surface area contributed by atoms with Gasteiger partial charge in [0.2, 0.25) is 0 Å². The van der Waals surface area contributed by atoms with Gasteiger partial charge in [-0.05, 0) is 65.5 Å². The van der Waals surface area contributed by atoms with Crippen LogP contribution in [-0.4, -0.2) is 12.6 Å². The first kappa shape index (κ1) is 25.6. The predicted octanol–water partition coefficient (Wildman–Crippen LogP) is 7.97. The van der Waals surface area contributed by atoms with E-state index in [1.807, 2.05) is 19.1 Å². The molecule has 0 aliphatic heterocycles. The summed E-state index contributed by atoms with van der Waals surface area (Å²) in [7, 11) is 0. The third-order valence-corrected chi connectivity index (χ3v) is 6.38. The van der Waals surface area contributed by atoms with Gasteiger partial charge in [0.15, 0.2) is 11.5 Å². The van der Waals surface area contributed by atoms with Crippen LogP contribution in [0.1, 0.15) is 56.6 Å². The summed E-state index contributed by atoms with van der Waals surface area (Å²) >= 11 is 15.9. The lowest BCUT2D eigenvalue weighted by atomic mass is 10.1. The van der Waals surface area contributed by atoms with E-state index in [-0.39, 0.29) is 12.4 Å². The molecule has 1 aliphatic rings. The van der Waals surface area contributed by atoms with Crippen molar-refractivity contribution >= 4 is 51.5 Å². The quantitative estimate of drug-likeness (QED) is 0.347. The van der Waals surface area contributed by atoms with Gasteiger partial charge in [0.05, 0.1) is 11.1 Å². The molecule has 2 aromatic rings. The molecule has 7 heteroatoms. The molecule has 1 N–H and O–H groups in total. The topological polar surface area (TPSA) is 30.5 Å². The van der Waals surface area contributed by atoms with E-state index >= 15 is 0 Å². The fourth-order valence-corrected chi connectivity index (χ4v) is 4.73. The second-order valence-electron chi connectivity index (χ2n) is 7.43. The highest BCUT2D eigenvalue weighted by Crippen LogP contribution is 2.38. The van der Waals surface area contributed by atoms with Gasteiger partial charge in [-0.25, -0.2) is 0 Å². The Labute approximate surface area is 204 Å². The minimum Gasteiger partial charge on any atom is -0.490 e. The fourth-order valence-electron chi connectivity index (χ4n) is 3.66. The monoisotopic (exact) mass is 535 g/mol. The van der Waals surface area contributed by atoms with Gasteiger partial charge >= 0.3 is 0 Å². The summed E-state index contributed by atoms with van der Waals surface area (Å²) < 4.78 is 12.8. The number of hydrogen-bond acceptors (Lipinski definition) is 3. The van der Waals surface area contributed by atoms with E-state index in [1.165, 1.54) is 44.1 Å². The van der Waals surface area contributed by atoms with Crippen LogP contribution in [0, 0.1) is 0 Å². The highest BCUT2D eigenvalue weighted by Gasteiger charge is 2.16.